The van der Waals surface area contributed by atoms with Gasteiger partial charge in [0.1, 0.15) is 12.2 Å². The van der Waals surface area contributed by atoms with Crippen molar-refractivity contribution in [1.29, 1.82) is 0 Å². The molecule has 0 bridgehead atoms. The van der Waals surface area contributed by atoms with Gasteiger partial charge in [0, 0.05) is 34.2 Å². The number of halogens is 6. The molecule has 210 valence electrons. The minimum atomic E-state index is -1.42. The third-order valence-corrected chi connectivity index (χ3v) is 7.23. The van der Waals surface area contributed by atoms with E-state index in [2.05, 4.69) is 0 Å². The summed E-state index contributed by atoms with van der Waals surface area (Å²) < 4.78 is 98.2. The van der Waals surface area contributed by atoms with Gasteiger partial charge in [-0.25, -0.2) is 31.1 Å². The lowest BCUT2D eigenvalue weighted by molar-refractivity contribution is 0.0278. The van der Waals surface area contributed by atoms with Crippen molar-refractivity contribution in [3.63, 3.8) is 0 Å². The van der Waals surface area contributed by atoms with Gasteiger partial charge in [-0.05, 0) is 30.9 Å². The molecule has 40 heavy (non-hydrogen) atoms. The number of rotatable bonds is 7. The van der Waals surface area contributed by atoms with Gasteiger partial charge in [-0.15, -0.1) is 0 Å². The Morgan fingerprint density at radius 2 is 1.52 bits per heavy atom. The van der Waals surface area contributed by atoms with Crippen LogP contribution in [0.2, 0.25) is 0 Å². The summed E-state index contributed by atoms with van der Waals surface area (Å²) >= 11 is 0. The SMILES string of the molecule is CCC(O)c1ccc(C(=O)OC2CC=C(c3ccc(-c4ccc(C5CO5)c(F)c4F)c(F)c3F)CC2)c(F)c1F. The predicted octanol–water partition coefficient (Wildman–Crippen LogP) is 7.50. The zero-order chi connectivity index (χ0) is 28.7. The van der Waals surface area contributed by atoms with Crippen LogP contribution in [0.25, 0.3) is 16.7 Å². The minimum Gasteiger partial charge on any atom is -0.458 e. The van der Waals surface area contributed by atoms with Crippen LogP contribution in [-0.2, 0) is 9.47 Å². The molecule has 0 radical (unpaired) electrons. The highest BCUT2D eigenvalue weighted by Crippen LogP contribution is 2.38. The highest BCUT2D eigenvalue weighted by molar-refractivity contribution is 5.90. The average molecular weight is 563 g/mol. The highest BCUT2D eigenvalue weighted by atomic mass is 19.2. The van der Waals surface area contributed by atoms with Crippen LogP contribution in [0, 0.1) is 34.9 Å². The van der Waals surface area contributed by atoms with Gasteiger partial charge in [-0.1, -0.05) is 43.3 Å². The van der Waals surface area contributed by atoms with Gasteiger partial charge < -0.3 is 14.6 Å². The van der Waals surface area contributed by atoms with E-state index in [9.17, 15) is 27.5 Å². The molecule has 0 spiro atoms. The maximum Gasteiger partial charge on any atom is 0.341 e. The number of hydrogen-bond donors (Lipinski definition) is 1. The first-order valence-electron chi connectivity index (χ1n) is 12.8. The van der Waals surface area contributed by atoms with E-state index in [1.807, 2.05) is 0 Å². The summed E-state index contributed by atoms with van der Waals surface area (Å²) in [7, 11) is 0. The minimum absolute atomic E-state index is 0.0153. The van der Waals surface area contributed by atoms with Crippen LogP contribution in [0.3, 0.4) is 0 Å². The van der Waals surface area contributed by atoms with Crippen molar-refractivity contribution >= 4 is 11.5 Å². The number of esters is 1. The summed E-state index contributed by atoms with van der Waals surface area (Å²) in [5.41, 5.74) is -1.39. The van der Waals surface area contributed by atoms with E-state index in [0.29, 0.717) is 5.57 Å². The molecular weight excluding hydrogens is 538 g/mol. The van der Waals surface area contributed by atoms with Crippen molar-refractivity contribution in [3.8, 4) is 11.1 Å². The van der Waals surface area contributed by atoms with Crippen LogP contribution in [0.4, 0.5) is 26.3 Å². The lowest BCUT2D eigenvalue weighted by atomic mass is 9.90. The molecule has 1 aliphatic heterocycles. The molecular formula is C30H24F6O4. The largest absolute Gasteiger partial charge is 0.458 e. The molecule has 1 saturated heterocycles. The van der Waals surface area contributed by atoms with E-state index in [1.165, 1.54) is 24.3 Å². The Balaban J connectivity index is 1.30. The summed E-state index contributed by atoms with van der Waals surface area (Å²) in [6, 6.07) is 7.07. The number of epoxide rings is 1. The molecule has 0 amide bonds. The molecule has 3 unspecified atom stereocenters. The third-order valence-electron chi connectivity index (χ3n) is 7.23. The van der Waals surface area contributed by atoms with E-state index < -0.39 is 75.9 Å². The van der Waals surface area contributed by atoms with Gasteiger partial charge >= 0.3 is 5.97 Å². The van der Waals surface area contributed by atoms with Gasteiger partial charge in [0.05, 0.1) is 18.3 Å². The molecule has 0 saturated carbocycles. The zero-order valence-corrected chi connectivity index (χ0v) is 21.2. The maximum atomic E-state index is 15.1. The first-order valence-corrected chi connectivity index (χ1v) is 12.8. The van der Waals surface area contributed by atoms with Crippen molar-refractivity contribution in [1.82, 2.24) is 0 Å². The fourth-order valence-corrected chi connectivity index (χ4v) is 4.83. The monoisotopic (exact) mass is 562 g/mol. The number of benzene rings is 3. The lowest BCUT2D eigenvalue weighted by Crippen LogP contribution is -2.21. The molecule has 1 fully saturated rings. The number of carbonyl (C=O) groups is 1. The van der Waals surface area contributed by atoms with Crippen LogP contribution in [0.15, 0.2) is 42.5 Å². The summed E-state index contributed by atoms with van der Waals surface area (Å²) in [6.45, 7) is 1.85. The van der Waals surface area contributed by atoms with E-state index in [4.69, 9.17) is 9.47 Å². The van der Waals surface area contributed by atoms with Crippen LogP contribution in [0.5, 0.6) is 0 Å². The van der Waals surface area contributed by atoms with Crippen LogP contribution in [-0.4, -0.2) is 23.8 Å². The van der Waals surface area contributed by atoms with E-state index in [1.54, 1.807) is 13.0 Å². The topological polar surface area (TPSA) is 59.1 Å². The molecule has 4 nitrogen and oxygen atoms in total. The van der Waals surface area contributed by atoms with Gasteiger partial charge in [-0.3, -0.25) is 0 Å². The Labute approximate surface area is 225 Å². The van der Waals surface area contributed by atoms with Gasteiger partial charge in [0.25, 0.3) is 0 Å². The smallest absolute Gasteiger partial charge is 0.341 e. The summed E-state index contributed by atoms with van der Waals surface area (Å²) in [4.78, 5) is 12.5. The van der Waals surface area contributed by atoms with Gasteiger partial charge in [0.15, 0.2) is 34.9 Å². The number of aliphatic hydroxyl groups is 1. The highest BCUT2D eigenvalue weighted by Gasteiger charge is 2.31. The Morgan fingerprint density at radius 1 is 0.900 bits per heavy atom. The van der Waals surface area contributed by atoms with Gasteiger partial charge in [0.2, 0.25) is 0 Å². The summed E-state index contributed by atoms with van der Waals surface area (Å²) in [5.74, 6) is -8.89. The van der Waals surface area contributed by atoms with E-state index >= 15 is 8.78 Å². The number of allylic oxidation sites excluding steroid dienone is 1. The lowest BCUT2D eigenvalue weighted by Gasteiger charge is -2.23. The van der Waals surface area contributed by atoms with E-state index in [0.717, 1.165) is 12.1 Å². The first-order chi connectivity index (χ1) is 19.1. The molecule has 10 heteroatoms. The fourth-order valence-electron chi connectivity index (χ4n) is 4.83. The van der Waals surface area contributed by atoms with Crippen molar-refractivity contribution in [2.24, 2.45) is 0 Å². The number of ether oxygens (including phenoxy) is 2. The zero-order valence-electron chi connectivity index (χ0n) is 21.2. The second-order valence-corrected chi connectivity index (χ2v) is 9.73. The molecule has 3 atom stereocenters. The summed E-state index contributed by atoms with van der Waals surface area (Å²) in [5, 5.41) is 9.79. The molecule has 1 heterocycles. The van der Waals surface area contributed by atoms with Crippen LogP contribution < -0.4 is 0 Å². The molecule has 0 aromatic heterocycles. The number of aliphatic hydroxyl groups excluding tert-OH is 1. The Hall–Kier alpha value is -3.63. The molecule has 3 aromatic carbocycles. The van der Waals surface area contributed by atoms with E-state index in [-0.39, 0.29) is 49.0 Å². The molecule has 3 aromatic rings. The third kappa shape index (κ3) is 5.13. The standard InChI is InChI=1S/C30H24F6O4/c1-2-22(37)19-10-12-21(29(36)27(19)34)30(38)40-15-5-3-14(4-6-15)16-7-8-17(25(32)24(16)31)18-9-11-20(23-13-39-23)28(35)26(18)33/h3,7-12,15,22-23,37H,2,4-6,13H2,1H3. The maximum absolute atomic E-state index is 15.1. The van der Waals surface area contributed by atoms with Crippen molar-refractivity contribution in [2.75, 3.05) is 6.61 Å². The average Bonchev–Trinajstić information content (AvgIpc) is 3.79. The quantitative estimate of drug-likeness (QED) is 0.184. The molecule has 2 aliphatic rings. The Kier molecular flexibility index (Phi) is 7.74. The van der Waals surface area contributed by atoms with Crippen LogP contribution in [0.1, 0.15) is 71.9 Å². The molecule has 1 aliphatic carbocycles. The predicted molar refractivity (Wildman–Crippen MR) is 133 cm³/mol. The van der Waals surface area contributed by atoms with Crippen molar-refractivity contribution in [2.45, 2.75) is 50.9 Å². The number of hydrogen-bond acceptors (Lipinski definition) is 4. The fraction of sp³-hybridized carbons (Fsp3) is 0.300. The number of carbonyl (C=O) groups excluding carboxylic acids is 1. The van der Waals surface area contributed by atoms with Crippen LogP contribution >= 0.6 is 0 Å². The summed E-state index contributed by atoms with van der Waals surface area (Å²) in [6.07, 6.45) is -0.321. The second kappa shape index (κ2) is 11.1. The molecule has 5 rings (SSSR count). The van der Waals surface area contributed by atoms with Crippen molar-refractivity contribution in [3.05, 3.63) is 99.6 Å². The normalized spacial score (nSPS) is 19.2. The first kappa shape index (κ1) is 27.9. The second-order valence-electron chi connectivity index (χ2n) is 9.73. The Bertz CT molecular complexity index is 1510. The molecule has 1 N–H and O–H groups in total. The van der Waals surface area contributed by atoms with Crippen molar-refractivity contribution < 1.29 is 45.7 Å². The van der Waals surface area contributed by atoms with Gasteiger partial charge in [-0.2, -0.15) is 0 Å². The Morgan fingerprint density at radius 3 is 2.15 bits per heavy atom.